The van der Waals surface area contributed by atoms with Crippen LogP contribution in [-0.2, 0) is 0 Å². The third-order valence-corrected chi connectivity index (χ3v) is 11.6. The van der Waals surface area contributed by atoms with Crippen molar-refractivity contribution in [2.75, 3.05) is 4.90 Å². The summed E-state index contributed by atoms with van der Waals surface area (Å²) in [5.74, 6) is 0. The highest BCUT2D eigenvalue weighted by atomic mass is 32.1. The van der Waals surface area contributed by atoms with Gasteiger partial charge in [-0.2, -0.15) is 0 Å². The number of thiophene rings is 1. The molecule has 262 valence electrons. The summed E-state index contributed by atoms with van der Waals surface area (Å²) >= 11 is 1.64. The van der Waals surface area contributed by atoms with E-state index in [1.165, 1.54) is 0 Å². The second kappa shape index (κ2) is 13.2. The van der Waals surface area contributed by atoms with Gasteiger partial charge in [-0.25, -0.2) is 15.0 Å². The summed E-state index contributed by atoms with van der Waals surface area (Å²) in [4.78, 5) is 26.3. The molecule has 6 aromatic carbocycles. The van der Waals surface area contributed by atoms with Crippen LogP contribution in [0.4, 0.5) is 17.1 Å². The van der Waals surface area contributed by atoms with E-state index in [-0.39, 0.29) is 0 Å². The Bertz CT molecular complexity index is 3140. The lowest BCUT2D eigenvalue weighted by Gasteiger charge is -2.26. The van der Waals surface area contributed by atoms with Gasteiger partial charge in [-0.15, -0.1) is 11.3 Å². The normalized spacial score (nSPS) is 11.6. The van der Waals surface area contributed by atoms with Gasteiger partial charge < -0.3 is 4.90 Å². The van der Waals surface area contributed by atoms with E-state index in [4.69, 9.17) is 4.98 Å². The number of benzene rings is 6. The predicted molar refractivity (Wildman–Crippen MR) is 232 cm³/mol. The van der Waals surface area contributed by atoms with E-state index in [0.29, 0.717) is 0 Å². The van der Waals surface area contributed by atoms with E-state index < -0.39 is 0 Å². The van der Waals surface area contributed by atoms with Crippen LogP contribution in [-0.4, -0.2) is 24.9 Å². The fourth-order valence-electron chi connectivity index (χ4n) is 7.70. The topological polar surface area (TPSA) is 67.7 Å². The SMILES string of the molecule is c1cnc2ccc(-c3ccc(N(c4ccc(-c5ccc6ncccc6c5)cc4)c4ccc5cc(-c6ncnc7c6sc6ncccc67)ccc5c4)cc3)cc2c1. The molecule has 0 amide bonds. The summed E-state index contributed by atoms with van der Waals surface area (Å²) in [6.45, 7) is 0. The first-order valence-corrected chi connectivity index (χ1v) is 19.3. The van der Waals surface area contributed by atoms with Gasteiger partial charge in [0.15, 0.2) is 0 Å². The average Bonchev–Trinajstić information content (AvgIpc) is 3.66. The third kappa shape index (κ3) is 5.61. The maximum absolute atomic E-state index is 4.75. The number of aromatic nitrogens is 5. The van der Waals surface area contributed by atoms with Crippen LogP contribution in [0.5, 0.6) is 0 Å². The van der Waals surface area contributed by atoms with Crippen LogP contribution in [0.1, 0.15) is 0 Å². The molecule has 0 saturated heterocycles. The quantitative estimate of drug-likeness (QED) is 0.169. The molecule has 7 heteroatoms. The summed E-state index contributed by atoms with van der Waals surface area (Å²) in [5, 5.41) is 5.60. The Morgan fingerprint density at radius 2 is 0.929 bits per heavy atom. The Hall–Kier alpha value is -7.35. The van der Waals surface area contributed by atoms with Crippen LogP contribution in [0.25, 0.3) is 86.5 Å². The molecule has 0 radical (unpaired) electrons. The van der Waals surface area contributed by atoms with Gasteiger partial charge in [-0.05, 0) is 124 Å². The molecular weight excluding hydrogens is 705 g/mol. The number of fused-ring (bicyclic) bond motifs is 6. The number of anilines is 3. The summed E-state index contributed by atoms with van der Waals surface area (Å²) in [6, 6.07) is 56.0. The zero-order valence-electron chi connectivity index (χ0n) is 29.9. The van der Waals surface area contributed by atoms with Crippen molar-refractivity contribution in [2.45, 2.75) is 0 Å². The summed E-state index contributed by atoms with van der Waals surface area (Å²) in [5.41, 5.74) is 12.7. The Morgan fingerprint density at radius 3 is 1.61 bits per heavy atom. The smallest absolute Gasteiger partial charge is 0.126 e. The van der Waals surface area contributed by atoms with Gasteiger partial charge in [0, 0.05) is 57.4 Å². The lowest BCUT2D eigenvalue weighted by atomic mass is 10.0. The van der Waals surface area contributed by atoms with Gasteiger partial charge in [-0.1, -0.05) is 66.7 Å². The summed E-state index contributed by atoms with van der Waals surface area (Å²) in [7, 11) is 0. The Balaban J connectivity index is 0.987. The molecule has 5 heterocycles. The van der Waals surface area contributed by atoms with Crippen molar-refractivity contribution in [1.82, 2.24) is 24.9 Å². The van der Waals surface area contributed by atoms with Gasteiger partial charge in [0.05, 0.1) is 26.9 Å². The maximum atomic E-state index is 4.75. The molecule has 0 N–H and O–H groups in total. The van der Waals surface area contributed by atoms with Crippen LogP contribution in [0.2, 0.25) is 0 Å². The van der Waals surface area contributed by atoms with Crippen molar-refractivity contribution in [2.24, 2.45) is 0 Å². The predicted octanol–water partition coefficient (Wildman–Crippen LogP) is 13.0. The molecular formula is C49H30N6S. The molecule has 0 atom stereocenters. The minimum absolute atomic E-state index is 0.927. The summed E-state index contributed by atoms with van der Waals surface area (Å²) < 4.78 is 1.05. The molecule has 56 heavy (non-hydrogen) atoms. The monoisotopic (exact) mass is 734 g/mol. The maximum Gasteiger partial charge on any atom is 0.126 e. The Morgan fingerprint density at radius 1 is 0.393 bits per heavy atom. The summed E-state index contributed by atoms with van der Waals surface area (Å²) in [6.07, 6.45) is 7.16. The first kappa shape index (κ1) is 32.1. The van der Waals surface area contributed by atoms with Gasteiger partial charge in [0.1, 0.15) is 11.2 Å². The average molecular weight is 735 g/mol. The molecule has 11 aromatic rings. The van der Waals surface area contributed by atoms with Crippen LogP contribution in [0, 0.1) is 0 Å². The highest BCUT2D eigenvalue weighted by Gasteiger charge is 2.17. The first-order valence-electron chi connectivity index (χ1n) is 18.4. The second-order valence-electron chi connectivity index (χ2n) is 13.9. The van der Waals surface area contributed by atoms with E-state index >= 15 is 0 Å². The molecule has 0 saturated carbocycles. The lowest BCUT2D eigenvalue weighted by Crippen LogP contribution is -2.09. The van der Waals surface area contributed by atoms with Crippen molar-refractivity contribution >= 4 is 81.4 Å². The molecule has 0 aliphatic heterocycles. The third-order valence-electron chi connectivity index (χ3n) is 10.5. The molecule has 0 aliphatic rings. The van der Waals surface area contributed by atoms with Gasteiger partial charge in [-0.3, -0.25) is 9.97 Å². The fourth-order valence-corrected chi connectivity index (χ4v) is 8.81. The van der Waals surface area contributed by atoms with Gasteiger partial charge in [0.2, 0.25) is 0 Å². The van der Waals surface area contributed by atoms with Crippen molar-refractivity contribution < 1.29 is 0 Å². The molecule has 0 spiro atoms. The van der Waals surface area contributed by atoms with E-state index in [0.717, 1.165) is 104 Å². The van der Waals surface area contributed by atoms with E-state index in [9.17, 15) is 0 Å². The van der Waals surface area contributed by atoms with Crippen molar-refractivity contribution in [3.8, 4) is 33.5 Å². The molecule has 5 aromatic heterocycles. The highest BCUT2D eigenvalue weighted by Crippen LogP contribution is 2.40. The molecule has 0 bridgehead atoms. The van der Waals surface area contributed by atoms with Gasteiger partial charge >= 0.3 is 0 Å². The zero-order chi connectivity index (χ0) is 37.0. The highest BCUT2D eigenvalue weighted by molar-refractivity contribution is 7.25. The van der Waals surface area contributed by atoms with E-state index in [1.807, 2.05) is 36.8 Å². The largest absolute Gasteiger partial charge is 0.310 e. The van der Waals surface area contributed by atoms with Crippen LogP contribution in [0.15, 0.2) is 183 Å². The number of hydrogen-bond donors (Lipinski definition) is 0. The Labute approximate surface area is 326 Å². The lowest BCUT2D eigenvalue weighted by molar-refractivity contribution is 1.24. The Kier molecular flexibility index (Phi) is 7.57. The molecule has 0 aliphatic carbocycles. The van der Waals surface area contributed by atoms with Crippen LogP contribution < -0.4 is 4.90 Å². The van der Waals surface area contributed by atoms with Crippen molar-refractivity contribution in [1.29, 1.82) is 0 Å². The zero-order valence-corrected chi connectivity index (χ0v) is 30.7. The molecule has 6 nitrogen and oxygen atoms in total. The number of nitrogens with zero attached hydrogens (tertiary/aromatic N) is 6. The van der Waals surface area contributed by atoms with Crippen LogP contribution >= 0.6 is 11.3 Å². The number of hydrogen-bond acceptors (Lipinski definition) is 7. The molecule has 0 fully saturated rings. The minimum atomic E-state index is 0.927. The van der Waals surface area contributed by atoms with Gasteiger partial charge in [0.25, 0.3) is 0 Å². The van der Waals surface area contributed by atoms with E-state index in [1.54, 1.807) is 17.7 Å². The van der Waals surface area contributed by atoms with Crippen molar-refractivity contribution in [3.05, 3.63) is 183 Å². The number of pyridine rings is 3. The molecule has 11 rings (SSSR count). The number of rotatable bonds is 6. The first-order chi connectivity index (χ1) is 27.7. The van der Waals surface area contributed by atoms with E-state index in [2.05, 4.69) is 164 Å². The molecule has 0 unspecified atom stereocenters. The fraction of sp³-hybridized carbons (Fsp3) is 0. The van der Waals surface area contributed by atoms with Crippen molar-refractivity contribution in [3.63, 3.8) is 0 Å². The second-order valence-corrected chi connectivity index (χ2v) is 14.9. The standard InChI is InChI=1S/C49H30N6S/c1-4-37-26-33(14-21-44(37)50-23-1)31-9-16-40(17-10-31)55(41-18-11-32(12-19-41)34-15-22-45-38(27-34)5-2-24-51-45)42-20-13-35-28-39(8-7-36(35)29-42)46-48-47(54-30-53-46)43-6-3-25-52-49(43)56-48/h1-30H. The van der Waals surface area contributed by atoms with Crippen LogP contribution in [0.3, 0.4) is 0 Å². The minimum Gasteiger partial charge on any atom is -0.310 e.